The molecule has 0 spiro atoms. The van der Waals surface area contributed by atoms with Crippen LogP contribution in [0.1, 0.15) is 51.9 Å². The molecule has 0 atom stereocenters. The first-order chi connectivity index (χ1) is 7.62. The quantitative estimate of drug-likeness (QED) is 0.802. The van der Waals surface area contributed by atoms with Gasteiger partial charge in [-0.15, -0.1) is 0 Å². The summed E-state index contributed by atoms with van der Waals surface area (Å²) in [6.45, 7) is 4.51. The number of hydrogen-bond donors (Lipinski definition) is 1. The molecule has 1 aliphatic carbocycles. The summed E-state index contributed by atoms with van der Waals surface area (Å²) in [6.07, 6.45) is 7.42. The van der Waals surface area contributed by atoms with E-state index in [2.05, 4.69) is 11.8 Å². The number of carboxylic acids is 1. The maximum absolute atomic E-state index is 11.0. The van der Waals surface area contributed by atoms with Crippen LogP contribution < -0.4 is 0 Å². The van der Waals surface area contributed by atoms with Crippen LogP contribution in [-0.4, -0.2) is 34.6 Å². The average molecular weight is 225 g/mol. The Bertz CT molecular complexity index is 251. The molecule has 16 heavy (non-hydrogen) atoms. The average Bonchev–Trinajstić information content (AvgIpc) is 2.67. The summed E-state index contributed by atoms with van der Waals surface area (Å²) in [5.74, 6) is 0.194. The van der Waals surface area contributed by atoms with E-state index >= 15 is 0 Å². The number of likely N-dealkylation sites (tertiary alicyclic amines) is 1. The SMILES string of the molecule is CC1CCN(C2(CC(=O)O)CCCC2)CC1. The maximum atomic E-state index is 11.0. The van der Waals surface area contributed by atoms with Crippen LogP contribution >= 0.6 is 0 Å². The van der Waals surface area contributed by atoms with Gasteiger partial charge in [-0.1, -0.05) is 19.8 Å². The van der Waals surface area contributed by atoms with Crippen LogP contribution in [0.4, 0.5) is 0 Å². The zero-order valence-electron chi connectivity index (χ0n) is 10.2. The molecular weight excluding hydrogens is 202 g/mol. The second kappa shape index (κ2) is 4.74. The van der Waals surface area contributed by atoms with Gasteiger partial charge in [0.25, 0.3) is 0 Å². The predicted molar refractivity (Wildman–Crippen MR) is 63.4 cm³/mol. The molecule has 1 heterocycles. The van der Waals surface area contributed by atoms with E-state index in [4.69, 9.17) is 5.11 Å². The number of aliphatic carboxylic acids is 1. The fourth-order valence-electron chi connectivity index (χ4n) is 3.40. The Labute approximate surface area is 97.8 Å². The van der Waals surface area contributed by atoms with Crippen molar-refractivity contribution in [3.05, 3.63) is 0 Å². The van der Waals surface area contributed by atoms with Crippen molar-refractivity contribution in [2.45, 2.75) is 57.4 Å². The molecule has 0 unspecified atom stereocenters. The summed E-state index contributed by atoms with van der Waals surface area (Å²) in [4.78, 5) is 13.5. The van der Waals surface area contributed by atoms with E-state index in [0.717, 1.165) is 31.8 Å². The van der Waals surface area contributed by atoms with Crippen LogP contribution in [0.15, 0.2) is 0 Å². The van der Waals surface area contributed by atoms with Crippen molar-refractivity contribution in [3.8, 4) is 0 Å². The van der Waals surface area contributed by atoms with Crippen molar-refractivity contribution in [2.24, 2.45) is 5.92 Å². The predicted octanol–water partition coefficient (Wildman–Crippen LogP) is 2.51. The molecular formula is C13H23NO2. The summed E-state index contributed by atoms with van der Waals surface area (Å²) >= 11 is 0. The van der Waals surface area contributed by atoms with Gasteiger partial charge in [-0.25, -0.2) is 0 Å². The molecule has 92 valence electrons. The topological polar surface area (TPSA) is 40.5 Å². The zero-order chi connectivity index (χ0) is 11.6. The van der Waals surface area contributed by atoms with Crippen LogP contribution in [0.5, 0.6) is 0 Å². The number of nitrogens with zero attached hydrogens (tertiary/aromatic N) is 1. The standard InChI is InChI=1S/C13H23NO2/c1-11-4-8-14(9-5-11)13(10-12(15)16)6-2-3-7-13/h11H,2-10H2,1H3,(H,15,16). The van der Waals surface area contributed by atoms with Crippen LogP contribution in [0.25, 0.3) is 0 Å². The van der Waals surface area contributed by atoms with Gasteiger partial charge >= 0.3 is 5.97 Å². The van der Waals surface area contributed by atoms with Crippen molar-refractivity contribution in [3.63, 3.8) is 0 Å². The molecule has 2 aliphatic rings. The van der Waals surface area contributed by atoms with E-state index < -0.39 is 5.97 Å². The van der Waals surface area contributed by atoms with Gasteiger partial charge in [0.1, 0.15) is 0 Å². The maximum Gasteiger partial charge on any atom is 0.305 e. The van der Waals surface area contributed by atoms with E-state index in [1.807, 2.05) is 0 Å². The summed E-state index contributed by atoms with van der Waals surface area (Å²) < 4.78 is 0. The van der Waals surface area contributed by atoms with Crippen LogP contribution in [0.2, 0.25) is 0 Å². The van der Waals surface area contributed by atoms with Crippen LogP contribution in [0.3, 0.4) is 0 Å². The number of hydrogen-bond acceptors (Lipinski definition) is 2. The van der Waals surface area contributed by atoms with Gasteiger partial charge in [0.2, 0.25) is 0 Å². The Morgan fingerprint density at radius 3 is 2.38 bits per heavy atom. The zero-order valence-corrected chi connectivity index (χ0v) is 10.2. The Kier molecular flexibility index (Phi) is 3.53. The lowest BCUT2D eigenvalue weighted by Crippen LogP contribution is -2.51. The third-order valence-corrected chi connectivity index (χ3v) is 4.47. The molecule has 1 N–H and O–H groups in total. The first-order valence-electron chi connectivity index (χ1n) is 6.59. The van der Waals surface area contributed by atoms with E-state index in [0.29, 0.717) is 6.42 Å². The second-order valence-electron chi connectivity index (χ2n) is 5.67. The fraction of sp³-hybridized carbons (Fsp3) is 0.923. The highest BCUT2D eigenvalue weighted by atomic mass is 16.4. The molecule has 0 amide bonds. The number of carbonyl (C=O) groups is 1. The van der Waals surface area contributed by atoms with Gasteiger partial charge in [0, 0.05) is 5.54 Å². The molecule has 1 saturated carbocycles. The molecule has 0 aromatic heterocycles. The minimum Gasteiger partial charge on any atom is -0.481 e. The van der Waals surface area contributed by atoms with E-state index in [-0.39, 0.29) is 5.54 Å². The van der Waals surface area contributed by atoms with Crippen molar-refractivity contribution in [2.75, 3.05) is 13.1 Å². The van der Waals surface area contributed by atoms with Gasteiger partial charge in [-0.2, -0.15) is 0 Å². The fourth-order valence-corrected chi connectivity index (χ4v) is 3.40. The summed E-state index contributed by atoms with van der Waals surface area (Å²) in [5.41, 5.74) is 0.00593. The largest absolute Gasteiger partial charge is 0.481 e. The van der Waals surface area contributed by atoms with Crippen LogP contribution in [-0.2, 0) is 4.79 Å². The smallest absolute Gasteiger partial charge is 0.305 e. The van der Waals surface area contributed by atoms with E-state index in [1.165, 1.54) is 25.7 Å². The molecule has 0 bridgehead atoms. The highest BCUT2D eigenvalue weighted by Crippen LogP contribution is 2.40. The first-order valence-corrected chi connectivity index (χ1v) is 6.59. The summed E-state index contributed by atoms with van der Waals surface area (Å²) in [7, 11) is 0. The Morgan fingerprint density at radius 2 is 1.88 bits per heavy atom. The number of rotatable bonds is 3. The Hall–Kier alpha value is -0.570. The van der Waals surface area contributed by atoms with Gasteiger partial charge in [0.15, 0.2) is 0 Å². The second-order valence-corrected chi connectivity index (χ2v) is 5.67. The lowest BCUT2D eigenvalue weighted by Gasteiger charge is -2.44. The number of piperidine rings is 1. The normalized spacial score (nSPS) is 27.1. The first kappa shape index (κ1) is 11.9. The minimum absolute atomic E-state index is 0.00593. The molecule has 3 nitrogen and oxygen atoms in total. The number of carboxylic acid groups (broad SMARTS) is 1. The van der Waals surface area contributed by atoms with Crippen molar-refractivity contribution < 1.29 is 9.90 Å². The third-order valence-electron chi connectivity index (χ3n) is 4.47. The highest BCUT2D eigenvalue weighted by molar-refractivity contribution is 5.68. The lowest BCUT2D eigenvalue weighted by molar-refractivity contribution is -0.140. The monoisotopic (exact) mass is 225 g/mol. The highest BCUT2D eigenvalue weighted by Gasteiger charge is 2.41. The molecule has 0 radical (unpaired) electrons. The summed E-state index contributed by atoms with van der Waals surface area (Å²) in [6, 6.07) is 0. The molecule has 1 saturated heterocycles. The third kappa shape index (κ3) is 2.40. The van der Waals surface area contributed by atoms with Crippen molar-refractivity contribution in [1.29, 1.82) is 0 Å². The van der Waals surface area contributed by atoms with Gasteiger partial charge in [-0.05, 0) is 44.7 Å². The lowest BCUT2D eigenvalue weighted by atomic mass is 9.87. The molecule has 3 heteroatoms. The van der Waals surface area contributed by atoms with E-state index in [9.17, 15) is 4.79 Å². The molecule has 1 aliphatic heterocycles. The minimum atomic E-state index is -0.625. The Balaban J connectivity index is 2.04. The van der Waals surface area contributed by atoms with Crippen molar-refractivity contribution >= 4 is 5.97 Å². The molecule has 0 aromatic carbocycles. The van der Waals surface area contributed by atoms with Gasteiger partial charge in [0.05, 0.1) is 6.42 Å². The van der Waals surface area contributed by atoms with Gasteiger partial charge in [-0.3, -0.25) is 9.69 Å². The Morgan fingerprint density at radius 1 is 1.31 bits per heavy atom. The summed E-state index contributed by atoms with van der Waals surface area (Å²) in [5, 5.41) is 9.10. The molecule has 2 rings (SSSR count). The van der Waals surface area contributed by atoms with Crippen LogP contribution in [0, 0.1) is 5.92 Å². The molecule has 0 aromatic rings. The van der Waals surface area contributed by atoms with Gasteiger partial charge < -0.3 is 5.11 Å². The van der Waals surface area contributed by atoms with Crippen molar-refractivity contribution in [1.82, 2.24) is 4.90 Å². The van der Waals surface area contributed by atoms with E-state index in [1.54, 1.807) is 0 Å². The molecule has 2 fully saturated rings.